The molecule has 0 unspecified atom stereocenters. The van der Waals surface area contributed by atoms with E-state index in [1.807, 2.05) is 4.90 Å². The molecule has 0 bridgehead atoms. The molecular formula is C10H18F2N2. The zero-order chi connectivity index (χ0) is 9.97. The quantitative estimate of drug-likeness (QED) is 0.746. The van der Waals surface area contributed by atoms with Crippen molar-refractivity contribution < 1.29 is 8.78 Å². The maximum absolute atomic E-state index is 12.1. The van der Waals surface area contributed by atoms with Crippen molar-refractivity contribution >= 4 is 0 Å². The number of rotatable bonds is 4. The van der Waals surface area contributed by atoms with Gasteiger partial charge < -0.3 is 5.32 Å². The van der Waals surface area contributed by atoms with Gasteiger partial charge in [-0.1, -0.05) is 0 Å². The number of nitrogens with one attached hydrogen (secondary N) is 1. The van der Waals surface area contributed by atoms with Gasteiger partial charge in [0, 0.05) is 12.1 Å². The lowest BCUT2D eigenvalue weighted by molar-refractivity contribution is 0.0729. The van der Waals surface area contributed by atoms with Crippen LogP contribution in [-0.4, -0.2) is 43.0 Å². The van der Waals surface area contributed by atoms with E-state index in [1.165, 1.54) is 12.8 Å². The van der Waals surface area contributed by atoms with Crippen molar-refractivity contribution in [3.8, 4) is 0 Å². The van der Waals surface area contributed by atoms with E-state index in [1.54, 1.807) is 0 Å². The highest BCUT2D eigenvalue weighted by Gasteiger charge is 2.27. The van der Waals surface area contributed by atoms with Gasteiger partial charge in [0.1, 0.15) is 0 Å². The number of halogens is 2. The molecule has 1 heterocycles. The van der Waals surface area contributed by atoms with E-state index in [4.69, 9.17) is 0 Å². The number of hydrogen-bond donors (Lipinski definition) is 1. The van der Waals surface area contributed by atoms with E-state index in [0.29, 0.717) is 6.04 Å². The number of hydrogen-bond acceptors (Lipinski definition) is 2. The minimum atomic E-state index is -2.18. The molecule has 2 fully saturated rings. The van der Waals surface area contributed by atoms with Crippen LogP contribution in [0, 0.1) is 0 Å². The number of piperidine rings is 1. The Bertz CT molecular complexity index is 163. The zero-order valence-electron chi connectivity index (χ0n) is 8.38. The summed E-state index contributed by atoms with van der Waals surface area (Å²) in [5, 5.41) is 3.55. The van der Waals surface area contributed by atoms with Crippen LogP contribution in [0.1, 0.15) is 25.7 Å². The molecule has 2 rings (SSSR count). The van der Waals surface area contributed by atoms with Gasteiger partial charge in [-0.05, 0) is 38.8 Å². The lowest BCUT2D eigenvalue weighted by atomic mass is 10.1. The molecule has 1 saturated carbocycles. The van der Waals surface area contributed by atoms with E-state index in [9.17, 15) is 8.78 Å². The second-order valence-corrected chi connectivity index (χ2v) is 4.41. The van der Waals surface area contributed by atoms with Gasteiger partial charge in [0.25, 0.3) is 6.43 Å². The standard InChI is InChI=1S/C10H18F2N2/c11-10(12)7-14-5-3-9(4-6-14)13-8-1-2-8/h8-10,13H,1-7H2. The molecule has 1 aliphatic heterocycles. The van der Waals surface area contributed by atoms with Gasteiger partial charge in [0.05, 0.1) is 6.54 Å². The third-order valence-electron chi connectivity index (χ3n) is 3.03. The van der Waals surface area contributed by atoms with Crippen LogP contribution in [0.25, 0.3) is 0 Å². The fourth-order valence-corrected chi connectivity index (χ4v) is 2.06. The van der Waals surface area contributed by atoms with Crippen molar-refractivity contribution in [2.75, 3.05) is 19.6 Å². The van der Waals surface area contributed by atoms with Crippen molar-refractivity contribution in [2.45, 2.75) is 44.2 Å². The molecule has 0 spiro atoms. The highest BCUT2D eigenvalue weighted by Crippen LogP contribution is 2.22. The second-order valence-electron chi connectivity index (χ2n) is 4.41. The summed E-state index contributed by atoms with van der Waals surface area (Å²) in [5.74, 6) is 0. The largest absolute Gasteiger partial charge is 0.311 e. The number of alkyl halides is 2. The Balaban J connectivity index is 1.63. The van der Waals surface area contributed by atoms with Gasteiger partial charge in [-0.3, -0.25) is 4.90 Å². The lowest BCUT2D eigenvalue weighted by Crippen LogP contribution is -2.44. The van der Waals surface area contributed by atoms with Crippen LogP contribution in [0.4, 0.5) is 8.78 Å². The molecule has 14 heavy (non-hydrogen) atoms. The van der Waals surface area contributed by atoms with Gasteiger partial charge in [-0.15, -0.1) is 0 Å². The van der Waals surface area contributed by atoms with E-state index in [2.05, 4.69) is 5.32 Å². The predicted molar refractivity (Wildman–Crippen MR) is 51.6 cm³/mol. The third-order valence-corrected chi connectivity index (χ3v) is 3.03. The summed E-state index contributed by atoms with van der Waals surface area (Å²) in [6, 6.07) is 1.32. The smallest absolute Gasteiger partial charge is 0.251 e. The molecule has 82 valence electrons. The average Bonchev–Trinajstić information content (AvgIpc) is 2.91. The molecule has 0 radical (unpaired) electrons. The van der Waals surface area contributed by atoms with Crippen molar-refractivity contribution in [1.82, 2.24) is 10.2 Å². The first-order valence-corrected chi connectivity index (χ1v) is 5.50. The Hall–Kier alpha value is -0.220. The van der Waals surface area contributed by atoms with Crippen LogP contribution in [0.5, 0.6) is 0 Å². The van der Waals surface area contributed by atoms with Crippen LogP contribution in [-0.2, 0) is 0 Å². The minimum absolute atomic E-state index is 0.0455. The van der Waals surface area contributed by atoms with Gasteiger partial charge in [0.2, 0.25) is 0 Å². The Morgan fingerprint density at radius 3 is 2.14 bits per heavy atom. The highest BCUT2D eigenvalue weighted by molar-refractivity contribution is 4.87. The maximum Gasteiger partial charge on any atom is 0.251 e. The highest BCUT2D eigenvalue weighted by atomic mass is 19.3. The molecule has 0 amide bonds. The van der Waals surface area contributed by atoms with E-state index in [0.717, 1.165) is 32.0 Å². The molecule has 0 aromatic heterocycles. The average molecular weight is 204 g/mol. The molecule has 4 heteroatoms. The van der Waals surface area contributed by atoms with Gasteiger partial charge >= 0.3 is 0 Å². The van der Waals surface area contributed by atoms with Crippen LogP contribution < -0.4 is 5.32 Å². The van der Waals surface area contributed by atoms with Gasteiger partial charge in [-0.2, -0.15) is 0 Å². The normalized spacial score (nSPS) is 25.9. The van der Waals surface area contributed by atoms with Gasteiger partial charge in [0.15, 0.2) is 0 Å². The summed E-state index contributed by atoms with van der Waals surface area (Å²) in [7, 11) is 0. The van der Waals surface area contributed by atoms with Crippen molar-refractivity contribution in [3.63, 3.8) is 0 Å². The third kappa shape index (κ3) is 3.17. The summed E-state index contributed by atoms with van der Waals surface area (Å²) in [5.41, 5.74) is 0. The molecule has 2 aliphatic rings. The summed E-state index contributed by atoms with van der Waals surface area (Å²) >= 11 is 0. The Kier molecular flexibility index (Phi) is 3.34. The van der Waals surface area contributed by atoms with E-state index >= 15 is 0 Å². The molecule has 1 N–H and O–H groups in total. The molecule has 0 aromatic rings. The van der Waals surface area contributed by atoms with E-state index in [-0.39, 0.29) is 6.54 Å². The van der Waals surface area contributed by atoms with Crippen molar-refractivity contribution in [1.29, 1.82) is 0 Å². The lowest BCUT2D eigenvalue weighted by Gasteiger charge is -2.32. The molecule has 1 aliphatic carbocycles. The fraction of sp³-hybridized carbons (Fsp3) is 1.00. The van der Waals surface area contributed by atoms with Crippen molar-refractivity contribution in [2.24, 2.45) is 0 Å². The SMILES string of the molecule is FC(F)CN1CCC(NC2CC2)CC1. The Labute approximate surface area is 83.7 Å². The molecule has 1 saturated heterocycles. The van der Waals surface area contributed by atoms with Crippen LogP contribution in [0.3, 0.4) is 0 Å². The Morgan fingerprint density at radius 2 is 1.64 bits per heavy atom. The first-order valence-electron chi connectivity index (χ1n) is 5.50. The second kappa shape index (κ2) is 4.53. The van der Waals surface area contributed by atoms with Crippen molar-refractivity contribution in [3.05, 3.63) is 0 Å². The van der Waals surface area contributed by atoms with E-state index < -0.39 is 6.43 Å². The first-order chi connectivity index (χ1) is 6.74. The summed E-state index contributed by atoms with van der Waals surface area (Å²) in [6.45, 7) is 1.61. The summed E-state index contributed by atoms with van der Waals surface area (Å²) in [6.07, 6.45) is 2.49. The fourth-order valence-electron chi connectivity index (χ4n) is 2.06. The summed E-state index contributed by atoms with van der Waals surface area (Å²) in [4.78, 5) is 1.87. The zero-order valence-corrected chi connectivity index (χ0v) is 8.38. The Morgan fingerprint density at radius 1 is 1.07 bits per heavy atom. The number of likely N-dealkylation sites (tertiary alicyclic amines) is 1. The summed E-state index contributed by atoms with van der Waals surface area (Å²) < 4.78 is 24.2. The molecule has 2 nitrogen and oxygen atoms in total. The van der Waals surface area contributed by atoms with Gasteiger partial charge in [-0.25, -0.2) is 8.78 Å². The monoisotopic (exact) mass is 204 g/mol. The topological polar surface area (TPSA) is 15.3 Å². The maximum atomic E-state index is 12.1. The first kappa shape index (κ1) is 10.3. The predicted octanol–water partition coefficient (Wildman–Crippen LogP) is 1.47. The van der Waals surface area contributed by atoms with Crippen LogP contribution in [0.2, 0.25) is 0 Å². The number of nitrogens with zero attached hydrogens (tertiary/aromatic N) is 1. The molecular weight excluding hydrogens is 186 g/mol. The van der Waals surface area contributed by atoms with Crippen LogP contribution >= 0.6 is 0 Å². The van der Waals surface area contributed by atoms with Crippen LogP contribution in [0.15, 0.2) is 0 Å². The molecule has 0 atom stereocenters. The molecule has 0 aromatic carbocycles. The minimum Gasteiger partial charge on any atom is -0.311 e.